The van der Waals surface area contributed by atoms with E-state index in [0.29, 0.717) is 56.1 Å². The predicted molar refractivity (Wildman–Crippen MR) is 321 cm³/mol. The van der Waals surface area contributed by atoms with Crippen molar-refractivity contribution in [2.24, 2.45) is 0 Å². The Balaban J connectivity index is 0.000000300. The summed E-state index contributed by atoms with van der Waals surface area (Å²) in [6.07, 6.45) is -5.54. The van der Waals surface area contributed by atoms with Crippen molar-refractivity contribution in [2.75, 3.05) is 10.6 Å². The first-order chi connectivity index (χ1) is 39.3. The van der Waals surface area contributed by atoms with Crippen LogP contribution < -0.4 is 20.8 Å². The van der Waals surface area contributed by atoms with Crippen LogP contribution in [-0.2, 0) is 22.7 Å². The molecule has 0 aliphatic rings. The van der Waals surface area contributed by atoms with Crippen molar-refractivity contribution in [3.8, 4) is 44.8 Å². The molecule has 430 valence electrons. The van der Waals surface area contributed by atoms with Crippen molar-refractivity contribution in [1.82, 2.24) is 9.13 Å². The van der Waals surface area contributed by atoms with E-state index in [1.165, 1.54) is 24.3 Å². The Bertz CT molecular complexity index is 3170. The van der Waals surface area contributed by atoms with Crippen LogP contribution in [0.2, 0.25) is 0 Å². The standard InChI is InChI=1S/2C33H35FN2O5.2Ca/c2*1-21(2)31-30(33(41)35-25-11-7-4-8-12-25)29(22-9-5-3-6-10-22)32(23-13-15-24(34)16-14-23)36(31)18-17-26(37)19-27(38)20-28(39)40;;/h2*3-16,21,26-27,37-38H,17-20H2,1-2H3,(H,35,41)(H,39,40);;/q;;;+2/p-2. The first-order valence-corrected chi connectivity index (χ1v) is 27.3. The molecule has 4 unspecified atom stereocenters. The zero-order chi connectivity index (χ0) is 59.0. The Morgan fingerprint density at radius 1 is 0.452 bits per heavy atom. The summed E-state index contributed by atoms with van der Waals surface area (Å²) in [5, 5.41) is 69.2. The van der Waals surface area contributed by atoms with E-state index in [4.69, 9.17) is 0 Å². The Hall–Kier alpha value is -6.02. The number of anilines is 2. The molecular formula is C66H68Ca2F2N4O10. The number of aliphatic hydroxyl groups excluding tert-OH is 4. The van der Waals surface area contributed by atoms with E-state index in [1.807, 2.05) is 134 Å². The summed E-state index contributed by atoms with van der Waals surface area (Å²) in [7, 11) is 0. The van der Waals surface area contributed by atoms with Gasteiger partial charge in [-0.2, -0.15) is 0 Å². The molecule has 8 aromatic rings. The molecule has 84 heavy (non-hydrogen) atoms. The van der Waals surface area contributed by atoms with Crippen molar-refractivity contribution in [1.29, 1.82) is 0 Å². The molecule has 0 spiro atoms. The Morgan fingerprint density at radius 3 is 1.04 bits per heavy atom. The predicted octanol–water partition coefficient (Wildman–Crippen LogP) is 9.20. The van der Waals surface area contributed by atoms with Crippen LogP contribution in [0.5, 0.6) is 0 Å². The third-order valence-corrected chi connectivity index (χ3v) is 13.8. The van der Waals surface area contributed by atoms with E-state index < -0.39 is 60.8 Å². The SMILES string of the molecule is CC(C)c1c(C(=O)Nc2ccccc2)c(-c2ccccc2)c(-c2ccc(F)cc2)n1CCC(O)CC(O)CC(=O)[O-].CC(C)c1c(C(=O)Nc2ccccc2)c(-c2ccccc2)c(-c2ccc(F)cc2)n1CCC(O)CC(O)CC(=O)[O-].[Ca+2].[Ca]. The van der Waals surface area contributed by atoms with Crippen LogP contribution in [0.15, 0.2) is 170 Å². The molecule has 6 aromatic carbocycles. The number of carboxylic acid groups (broad SMARTS) is 2. The van der Waals surface area contributed by atoms with Gasteiger partial charge in [-0.25, -0.2) is 8.78 Å². The third kappa shape index (κ3) is 18.5. The summed E-state index contributed by atoms with van der Waals surface area (Å²) in [5.74, 6) is -4.41. The summed E-state index contributed by atoms with van der Waals surface area (Å²) in [4.78, 5) is 49.8. The smallest absolute Gasteiger partial charge is 0.550 e. The second-order valence-corrected chi connectivity index (χ2v) is 20.8. The van der Waals surface area contributed by atoms with Gasteiger partial charge in [0.1, 0.15) is 11.6 Å². The molecule has 0 saturated heterocycles. The Morgan fingerprint density at radius 2 is 0.750 bits per heavy atom. The van der Waals surface area contributed by atoms with Crippen molar-refractivity contribution in [2.45, 2.75) is 116 Å². The summed E-state index contributed by atoms with van der Waals surface area (Å²) in [6.45, 7) is 8.45. The van der Waals surface area contributed by atoms with Gasteiger partial charge in [-0.1, -0.05) is 125 Å². The van der Waals surface area contributed by atoms with Gasteiger partial charge in [0.25, 0.3) is 11.8 Å². The molecule has 2 radical (unpaired) electrons. The van der Waals surface area contributed by atoms with E-state index in [-0.39, 0.29) is 138 Å². The number of nitrogens with zero attached hydrogens (tertiary/aromatic N) is 2. The average molecular weight is 1200 g/mol. The van der Waals surface area contributed by atoms with Crippen LogP contribution in [0, 0.1) is 11.6 Å². The second kappa shape index (κ2) is 33.0. The number of carboxylic acids is 2. The van der Waals surface area contributed by atoms with E-state index in [9.17, 15) is 58.6 Å². The van der Waals surface area contributed by atoms with Crippen molar-refractivity contribution < 1.29 is 58.6 Å². The maximum atomic E-state index is 14.0. The van der Waals surface area contributed by atoms with Gasteiger partial charge in [-0.15, -0.1) is 0 Å². The minimum Gasteiger partial charge on any atom is -0.550 e. The van der Waals surface area contributed by atoms with E-state index in [2.05, 4.69) is 10.6 Å². The number of carbonyl (C=O) groups excluding carboxylic acids is 4. The molecule has 0 fully saturated rings. The number of benzene rings is 6. The molecule has 2 aromatic heterocycles. The first kappa shape index (κ1) is 68.8. The summed E-state index contributed by atoms with van der Waals surface area (Å²) in [6, 6.07) is 49.4. The topological polar surface area (TPSA) is 229 Å². The molecule has 8 rings (SSSR count). The van der Waals surface area contributed by atoms with Crippen molar-refractivity contribution >= 4 is 111 Å². The number of hydrogen-bond donors (Lipinski definition) is 6. The van der Waals surface area contributed by atoms with Crippen LogP contribution in [0.1, 0.15) is 110 Å². The average Bonchev–Trinajstić information content (AvgIpc) is 2.49. The van der Waals surface area contributed by atoms with Gasteiger partial charge in [0.05, 0.1) is 46.9 Å². The molecular weight excluding hydrogens is 1130 g/mol. The number of amides is 2. The zero-order valence-corrected chi connectivity index (χ0v) is 52.0. The molecule has 14 nitrogen and oxygen atoms in total. The van der Waals surface area contributed by atoms with Gasteiger partial charge in [-0.05, 0) is 133 Å². The van der Waals surface area contributed by atoms with Gasteiger partial charge < -0.3 is 60.0 Å². The summed E-state index contributed by atoms with van der Waals surface area (Å²) >= 11 is 0. The fraction of sp³-hybridized carbons (Fsp3) is 0.273. The maximum Gasteiger partial charge on any atom is 2.00 e. The van der Waals surface area contributed by atoms with Crippen molar-refractivity contribution in [3.05, 3.63) is 204 Å². The molecule has 0 saturated carbocycles. The Labute approximate surface area is 548 Å². The van der Waals surface area contributed by atoms with Gasteiger partial charge in [0.2, 0.25) is 0 Å². The number of hydrogen-bond acceptors (Lipinski definition) is 10. The zero-order valence-electron chi connectivity index (χ0n) is 47.6. The largest absolute Gasteiger partial charge is 2.00 e. The molecule has 4 atom stereocenters. The van der Waals surface area contributed by atoms with Gasteiger partial charge in [0.15, 0.2) is 0 Å². The van der Waals surface area contributed by atoms with Crippen LogP contribution in [-0.4, -0.2) is 153 Å². The van der Waals surface area contributed by atoms with E-state index >= 15 is 0 Å². The maximum absolute atomic E-state index is 14.0. The molecule has 2 heterocycles. The number of aromatic nitrogens is 2. The number of halogens is 2. The number of nitrogens with one attached hydrogen (secondary N) is 2. The summed E-state index contributed by atoms with van der Waals surface area (Å²) in [5.41, 5.74) is 9.43. The molecule has 6 N–H and O–H groups in total. The number of carbonyl (C=O) groups is 4. The van der Waals surface area contributed by atoms with Gasteiger partial charge in [0, 0.05) is 109 Å². The van der Waals surface area contributed by atoms with Crippen LogP contribution in [0.3, 0.4) is 0 Å². The van der Waals surface area contributed by atoms with E-state index in [0.717, 1.165) is 22.5 Å². The van der Waals surface area contributed by atoms with Crippen LogP contribution in [0.4, 0.5) is 20.2 Å². The third-order valence-electron chi connectivity index (χ3n) is 13.8. The van der Waals surface area contributed by atoms with Crippen LogP contribution >= 0.6 is 0 Å². The summed E-state index contributed by atoms with van der Waals surface area (Å²) < 4.78 is 32.0. The minimum atomic E-state index is -1.39. The molecule has 18 heteroatoms. The minimum absolute atomic E-state index is 0. The first-order valence-electron chi connectivity index (χ1n) is 27.3. The monoisotopic (exact) mass is 1190 g/mol. The quantitative estimate of drug-likeness (QED) is 0.0314. The molecule has 0 aliphatic heterocycles. The molecule has 2 amide bonds. The number of para-hydroxylation sites is 2. The molecule has 0 bridgehead atoms. The van der Waals surface area contributed by atoms with E-state index in [1.54, 1.807) is 48.5 Å². The fourth-order valence-electron chi connectivity index (χ4n) is 10.4. The van der Waals surface area contributed by atoms with Gasteiger partial charge in [-0.3, -0.25) is 9.59 Å². The number of rotatable bonds is 24. The van der Waals surface area contributed by atoms with Crippen LogP contribution in [0.25, 0.3) is 44.8 Å². The van der Waals surface area contributed by atoms with Gasteiger partial charge >= 0.3 is 37.7 Å². The number of aliphatic carboxylic acids is 2. The van der Waals surface area contributed by atoms with Crippen molar-refractivity contribution in [3.63, 3.8) is 0 Å². The number of aliphatic hydroxyl groups is 4. The second-order valence-electron chi connectivity index (χ2n) is 20.8. The Kier molecular flexibility index (Phi) is 27.0. The fourth-order valence-corrected chi connectivity index (χ4v) is 10.4. The molecule has 0 aliphatic carbocycles. The normalized spacial score (nSPS) is 12.4.